The molecule has 0 atom stereocenters. The van der Waals surface area contributed by atoms with Gasteiger partial charge in [0.15, 0.2) is 11.5 Å². The lowest BCUT2D eigenvalue weighted by atomic mass is 10.1. The van der Waals surface area contributed by atoms with Crippen LogP contribution >= 0.6 is 0 Å². The van der Waals surface area contributed by atoms with Crippen LogP contribution in [0, 0.1) is 0 Å². The lowest BCUT2D eigenvalue weighted by molar-refractivity contribution is 0.0696. The summed E-state index contributed by atoms with van der Waals surface area (Å²) in [4.78, 5) is 10.8. The zero-order valence-electron chi connectivity index (χ0n) is 8.98. The van der Waals surface area contributed by atoms with Crippen LogP contribution in [0.1, 0.15) is 15.9 Å². The third kappa shape index (κ3) is 2.41. The van der Waals surface area contributed by atoms with Crippen LogP contribution in [0.5, 0.6) is 11.5 Å². The van der Waals surface area contributed by atoms with Gasteiger partial charge in [0.1, 0.15) is 0 Å². The van der Waals surface area contributed by atoms with Crippen molar-refractivity contribution in [2.75, 3.05) is 14.2 Å². The number of aromatic carboxylic acids is 1. The highest BCUT2D eigenvalue weighted by Gasteiger charge is 2.15. The van der Waals surface area contributed by atoms with E-state index in [1.165, 1.54) is 26.4 Å². The molecule has 6 nitrogen and oxygen atoms in total. The van der Waals surface area contributed by atoms with Crippen molar-refractivity contribution in [1.29, 1.82) is 0 Å². The molecule has 0 spiro atoms. The Kier molecular flexibility index (Phi) is 4.10. The Morgan fingerprint density at radius 2 is 2.06 bits per heavy atom. The Balaban J connectivity index is 3.31. The van der Waals surface area contributed by atoms with E-state index in [1.54, 1.807) is 0 Å². The van der Waals surface area contributed by atoms with E-state index in [0.717, 1.165) is 0 Å². The van der Waals surface area contributed by atoms with E-state index in [0.29, 0.717) is 17.1 Å². The molecule has 0 aliphatic carbocycles. The second-order valence-electron chi connectivity index (χ2n) is 3.01. The fourth-order valence-corrected chi connectivity index (χ4v) is 1.38. The molecule has 0 radical (unpaired) electrons. The van der Waals surface area contributed by atoms with Crippen LogP contribution in [0.2, 0.25) is 0 Å². The van der Waals surface area contributed by atoms with Crippen molar-refractivity contribution < 1.29 is 24.6 Å². The molecule has 0 saturated heterocycles. The lowest BCUT2D eigenvalue weighted by Gasteiger charge is -2.13. The number of carboxylic acid groups (broad SMARTS) is 1. The van der Waals surface area contributed by atoms with Crippen molar-refractivity contribution in [2.45, 2.75) is 6.54 Å². The first-order chi connectivity index (χ1) is 7.63. The van der Waals surface area contributed by atoms with Gasteiger partial charge < -0.3 is 19.8 Å². The third-order valence-electron chi connectivity index (χ3n) is 2.07. The largest absolute Gasteiger partial charge is 0.493 e. The minimum absolute atomic E-state index is 0.0701. The molecule has 0 heterocycles. The second kappa shape index (κ2) is 5.34. The van der Waals surface area contributed by atoms with E-state index in [1.807, 2.05) is 5.48 Å². The molecule has 1 aromatic carbocycles. The maximum Gasteiger partial charge on any atom is 0.335 e. The summed E-state index contributed by atoms with van der Waals surface area (Å²) in [6.07, 6.45) is 0. The van der Waals surface area contributed by atoms with Gasteiger partial charge in [-0.05, 0) is 12.1 Å². The Bertz CT molecular complexity index is 391. The number of methoxy groups -OCH3 is 2. The number of ether oxygens (including phenoxy) is 2. The summed E-state index contributed by atoms with van der Waals surface area (Å²) in [7, 11) is 2.86. The second-order valence-corrected chi connectivity index (χ2v) is 3.01. The molecular formula is C10H13NO5. The molecule has 16 heavy (non-hydrogen) atoms. The molecule has 0 fully saturated rings. The zero-order chi connectivity index (χ0) is 12.1. The van der Waals surface area contributed by atoms with Gasteiger partial charge in [0.2, 0.25) is 0 Å². The summed E-state index contributed by atoms with van der Waals surface area (Å²) in [5.74, 6) is -0.359. The zero-order valence-corrected chi connectivity index (χ0v) is 8.98. The molecule has 0 saturated carbocycles. The number of carbonyl (C=O) groups is 1. The standard InChI is InChI=1S/C10H13NO5/c1-15-8-4-6(10(12)13)3-7(5-11-14)9(8)16-2/h3-4,11,14H,5H2,1-2H3,(H,12,13). The molecule has 88 valence electrons. The molecular weight excluding hydrogens is 214 g/mol. The summed E-state index contributed by atoms with van der Waals surface area (Å²) < 4.78 is 10.1. The van der Waals surface area contributed by atoms with E-state index < -0.39 is 5.97 Å². The summed E-state index contributed by atoms with van der Waals surface area (Å²) in [5, 5.41) is 17.5. The number of nitrogens with one attached hydrogen (secondary N) is 1. The molecule has 0 amide bonds. The number of carboxylic acids is 1. The number of hydrogen-bond acceptors (Lipinski definition) is 5. The topological polar surface area (TPSA) is 88.0 Å². The first-order valence-corrected chi connectivity index (χ1v) is 4.49. The van der Waals surface area contributed by atoms with Gasteiger partial charge in [0.05, 0.1) is 19.8 Å². The average Bonchev–Trinajstić information content (AvgIpc) is 2.28. The first-order valence-electron chi connectivity index (χ1n) is 4.49. The van der Waals surface area contributed by atoms with Gasteiger partial charge >= 0.3 is 5.97 Å². The molecule has 6 heteroatoms. The van der Waals surface area contributed by atoms with Gasteiger partial charge in [-0.3, -0.25) is 0 Å². The Hall–Kier alpha value is -1.79. The van der Waals surface area contributed by atoms with Gasteiger partial charge in [-0.2, -0.15) is 0 Å². The minimum Gasteiger partial charge on any atom is -0.493 e. The summed E-state index contributed by atoms with van der Waals surface area (Å²) >= 11 is 0. The minimum atomic E-state index is -1.07. The summed E-state index contributed by atoms with van der Waals surface area (Å²) in [5.41, 5.74) is 2.52. The van der Waals surface area contributed by atoms with Crippen molar-refractivity contribution >= 4 is 5.97 Å². The quantitative estimate of drug-likeness (QED) is 0.647. The SMILES string of the molecule is COc1cc(C(=O)O)cc(CNO)c1OC. The van der Waals surface area contributed by atoms with Crippen molar-refractivity contribution in [1.82, 2.24) is 5.48 Å². The maximum atomic E-state index is 10.8. The average molecular weight is 227 g/mol. The predicted molar refractivity (Wildman–Crippen MR) is 55.1 cm³/mol. The number of hydroxylamine groups is 1. The van der Waals surface area contributed by atoms with Crippen molar-refractivity contribution in [2.24, 2.45) is 0 Å². The monoisotopic (exact) mass is 227 g/mol. The lowest BCUT2D eigenvalue weighted by Crippen LogP contribution is -2.10. The van der Waals surface area contributed by atoms with Crippen LogP contribution in [0.3, 0.4) is 0 Å². The van der Waals surface area contributed by atoms with Crippen LogP contribution in [-0.4, -0.2) is 30.5 Å². The molecule has 0 unspecified atom stereocenters. The van der Waals surface area contributed by atoms with Crippen LogP contribution in [0.25, 0.3) is 0 Å². The fraction of sp³-hybridized carbons (Fsp3) is 0.300. The normalized spacial score (nSPS) is 9.94. The number of rotatable bonds is 5. The Morgan fingerprint density at radius 3 is 2.50 bits per heavy atom. The molecule has 3 N–H and O–H groups in total. The van der Waals surface area contributed by atoms with E-state index in [2.05, 4.69) is 0 Å². The fourth-order valence-electron chi connectivity index (χ4n) is 1.38. The van der Waals surface area contributed by atoms with Crippen molar-refractivity contribution in [3.63, 3.8) is 0 Å². The highest BCUT2D eigenvalue weighted by atomic mass is 16.5. The Morgan fingerprint density at radius 1 is 1.38 bits per heavy atom. The van der Waals surface area contributed by atoms with Crippen molar-refractivity contribution in [3.05, 3.63) is 23.3 Å². The van der Waals surface area contributed by atoms with Crippen molar-refractivity contribution in [3.8, 4) is 11.5 Å². The Labute approximate surface area is 92.4 Å². The molecule has 1 rings (SSSR count). The summed E-state index contributed by atoms with van der Waals surface area (Å²) in [6.45, 7) is 0.0701. The van der Waals surface area contributed by atoms with Gasteiger partial charge in [-0.15, -0.1) is 0 Å². The number of benzene rings is 1. The molecule has 0 aliphatic heterocycles. The molecule has 1 aromatic rings. The highest BCUT2D eigenvalue weighted by molar-refractivity contribution is 5.89. The molecule has 0 bridgehead atoms. The van der Waals surface area contributed by atoms with E-state index in [-0.39, 0.29) is 12.1 Å². The first kappa shape index (κ1) is 12.3. The van der Waals surface area contributed by atoms with E-state index in [9.17, 15) is 4.79 Å². The van der Waals surface area contributed by atoms with Crippen LogP contribution < -0.4 is 15.0 Å². The van der Waals surface area contributed by atoms with Crippen LogP contribution in [0.4, 0.5) is 0 Å². The van der Waals surface area contributed by atoms with E-state index >= 15 is 0 Å². The van der Waals surface area contributed by atoms with Crippen LogP contribution in [-0.2, 0) is 6.54 Å². The van der Waals surface area contributed by atoms with Gasteiger partial charge in [0, 0.05) is 12.1 Å². The summed E-state index contributed by atoms with van der Waals surface area (Å²) in [6, 6.07) is 2.77. The predicted octanol–water partition coefficient (Wildman–Crippen LogP) is 0.881. The van der Waals surface area contributed by atoms with Gasteiger partial charge in [-0.1, -0.05) is 0 Å². The third-order valence-corrected chi connectivity index (χ3v) is 2.07. The smallest absolute Gasteiger partial charge is 0.335 e. The van der Waals surface area contributed by atoms with Gasteiger partial charge in [-0.25, -0.2) is 10.3 Å². The highest BCUT2D eigenvalue weighted by Crippen LogP contribution is 2.32. The maximum absolute atomic E-state index is 10.8. The van der Waals surface area contributed by atoms with Crippen LogP contribution in [0.15, 0.2) is 12.1 Å². The number of hydrogen-bond donors (Lipinski definition) is 3. The molecule has 0 aromatic heterocycles. The van der Waals surface area contributed by atoms with Gasteiger partial charge in [0.25, 0.3) is 0 Å². The van der Waals surface area contributed by atoms with E-state index in [4.69, 9.17) is 19.8 Å². The molecule has 0 aliphatic rings.